The molecule has 1 aliphatic carbocycles. The number of carboxylic acids is 1. The monoisotopic (exact) mass is 232 g/mol. The Kier molecular flexibility index (Phi) is 2.61. The van der Waals surface area contributed by atoms with E-state index in [0.717, 1.165) is 0 Å². The van der Waals surface area contributed by atoms with E-state index in [2.05, 4.69) is 14.7 Å². The number of nitrogens with zero attached hydrogens (tertiary/aromatic N) is 2. The maximum atomic E-state index is 13.1. The summed E-state index contributed by atoms with van der Waals surface area (Å²) in [7, 11) is 0. The van der Waals surface area contributed by atoms with Crippen molar-refractivity contribution >= 4 is 5.97 Å². The Morgan fingerprint density at radius 3 is 2.88 bits per heavy atom. The lowest BCUT2D eigenvalue weighted by Gasteiger charge is -2.26. The van der Waals surface area contributed by atoms with Crippen LogP contribution in [-0.2, 0) is 0 Å². The summed E-state index contributed by atoms with van der Waals surface area (Å²) in [5, 5.41) is 11.8. The summed E-state index contributed by atoms with van der Waals surface area (Å²) in [5.74, 6) is -5.07. The SMILES string of the molecule is O=C(O)c1noc(C2CCCC(F)(F)C2)n1. The molecule has 1 aliphatic rings. The Labute approximate surface area is 89.5 Å². The van der Waals surface area contributed by atoms with Crippen LogP contribution in [0.4, 0.5) is 8.78 Å². The third kappa shape index (κ3) is 2.17. The molecule has 2 rings (SSSR count). The minimum absolute atomic E-state index is 0.00299. The van der Waals surface area contributed by atoms with Crippen LogP contribution in [0.25, 0.3) is 0 Å². The lowest BCUT2D eigenvalue weighted by atomic mass is 9.86. The van der Waals surface area contributed by atoms with Crippen LogP contribution in [0.2, 0.25) is 0 Å². The van der Waals surface area contributed by atoms with E-state index in [9.17, 15) is 13.6 Å². The van der Waals surface area contributed by atoms with Crippen LogP contribution in [-0.4, -0.2) is 27.1 Å². The van der Waals surface area contributed by atoms with Gasteiger partial charge in [-0.25, -0.2) is 13.6 Å². The van der Waals surface area contributed by atoms with Crippen molar-refractivity contribution in [3.63, 3.8) is 0 Å². The molecule has 7 heteroatoms. The number of carboxylic acid groups (broad SMARTS) is 1. The fourth-order valence-corrected chi connectivity index (χ4v) is 1.87. The van der Waals surface area contributed by atoms with Gasteiger partial charge in [-0.15, -0.1) is 0 Å². The van der Waals surface area contributed by atoms with Crippen molar-refractivity contribution in [3.05, 3.63) is 11.7 Å². The zero-order chi connectivity index (χ0) is 11.8. The standard InChI is InChI=1S/C9H10F2N2O3/c10-9(11)3-1-2-5(4-9)7-12-6(8(14)15)13-16-7/h5H,1-4H2,(H,14,15). The van der Waals surface area contributed by atoms with Crippen molar-refractivity contribution < 1.29 is 23.2 Å². The van der Waals surface area contributed by atoms with E-state index >= 15 is 0 Å². The highest BCUT2D eigenvalue weighted by atomic mass is 19.3. The van der Waals surface area contributed by atoms with Gasteiger partial charge in [0.05, 0.1) is 0 Å². The predicted octanol–water partition coefficient (Wildman–Crippen LogP) is 2.06. The van der Waals surface area contributed by atoms with Crippen LogP contribution in [0.1, 0.15) is 48.1 Å². The van der Waals surface area contributed by atoms with Crippen LogP contribution in [0.3, 0.4) is 0 Å². The molecule has 0 spiro atoms. The zero-order valence-electron chi connectivity index (χ0n) is 8.32. The van der Waals surface area contributed by atoms with E-state index < -0.39 is 23.6 Å². The van der Waals surface area contributed by atoms with Gasteiger partial charge >= 0.3 is 5.97 Å². The lowest BCUT2D eigenvalue weighted by molar-refractivity contribution is -0.0440. The van der Waals surface area contributed by atoms with Crippen LogP contribution < -0.4 is 0 Å². The molecule has 1 unspecified atom stereocenters. The number of aromatic nitrogens is 2. The van der Waals surface area contributed by atoms with Crippen LogP contribution in [0, 0.1) is 0 Å². The molecule has 1 aromatic rings. The fraction of sp³-hybridized carbons (Fsp3) is 0.667. The van der Waals surface area contributed by atoms with Crippen molar-refractivity contribution in [3.8, 4) is 0 Å². The van der Waals surface area contributed by atoms with Crippen LogP contribution in [0.15, 0.2) is 4.52 Å². The number of hydrogen-bond donors (Lipinski definition) is 1. The van der Waals surface area contributed by atoms with Gasteiger partial charge in [-0.05, 0) is 18.0 Å². The van der Waals surface area contributed by atoms with Gasteiger partial charge in [-0.2, -0.15) is 4.98 Å². The van der Waals surface area contributed by atoms with Crippen LogP contribution in [0.5, 0.6) is 0 Å². The van der Waals surface area contributed by atoms with E-state index in [4.69, 9.17) is 5.11 Å². The molecule has 1 fully saturated rings. The molecule has 0 amide bonds. The Hall–Kier alpha value is -1.53. The average molecular weight is 232 g/mol. The summed E-state index contributed by atoms with van der Waals surface area (Å²) in [6, 6.07) is 0. The van der Waals surface area contributed by atoms with Crippen molar-refractivity contribution in [2.75, 3.05) is 0 Å². The van der Waals surface area contributed by atoms with Crippen LogP contribution >= 0.6 is 0 Å². The maximum absolute atomic E-state index is 13.1. The third-order valence-electron chi connectivity index (χ3n) is 2.62. The van der Waals surface area contributed by atoms with Crippen molar-refractivity contribution in [1.82, 2.24) is 10.1 Å². The maximum Gasteiger partial charge on any atom is 0.377 e. The van der Waals surface area contributed by atoms with E-state index in [1.807, 2.05) is 0 Å². The van der Waals surface area contributed by atoms with Crippen molar-refractivity contribution in [2.24, 2.45) is 0 Å². The van der Waals surface area contributed by atoms with Gasteiger partial charge in [0.15, 0.2) is 0 Å². The second kappa shape index (κ2) is 3.80. The summed E-state index contributed by atoms with van der Waals surface area (Å²) in [6.07, 6.45) is 0.414. The molecule has 16 heavy (non-hydrogen) atoms. The summed E-state index contributed by atoms with van der Waals surface area (Å²) in [6.45, 7) is 0. The minimum Gasteiger partial charge on any atom is -0.475 e. The molecule has 0 saturated heterocycles. The van der Waals surface area contributed by atoms with Gasteiger partial charge in [-0.1, -0.05) is 0 Å². The lowest BCUT2D eigenvalue weighted by Crippen LogP contribution is -2.25. The van der Waals surface area contributed by atoms with E-state index in [0.29, 0.717) is 12.8 Å². The van der Waals surface area contributed by atoms with E-state index in [1.165, 1.54) is 0 Å². The Bertz CT molecular complexity index is 405. The summed E-state index contributed by atoms with van der Waals surface area (Å²) >= 11 is 0. The van der Waals surface area contributed by atoms with Gasteiger partial charge < -0.3 is 9.63 Å². The first kappa shape index (κ1) is 11.0. The van der Waals surface area contributed by atoms with E-state index in [1.54, 1.807) is 0 Å². The Morgan fingerprint density at radius 1 is 1.56 bits per heavy atom. The van der Waals surface area contributed by atoms with Gasteiger partial charge in [0, 0.05) is 18.8 Å². The van der Waals surface area contributed by atoms with Gasteiger partial charge in [0.25, 0.3) is 5.82 Å². The predicted molar refractivity (Wildman–Crippen MR) is 47.4 cm³/mol. The normalized spacial score (nSPS) is 24.2. The number of alkyl halides is 2. The summed E-state index contributed by atoms with van der Waals surface area (Å²) in [5.41, 5.74) is 0. The molecule has 0 bridgehead atoms. The molecule has 1 saturated carbocycles. The molecule has 0 aromatic carbocycles. The Morgan fingerprint density at radius 2 is 2.31 bits per heavy atom. The molecule has 1 heterocycles. The third-order valence-corrected chi connectivity index (χ3v) is 2.62. The molecule has 1 atom stereocenters. The number of aromatic carboxylic acids is 1. The van der Waals surface area contributed by atoms with Gasteiger partial charge in [0.2, 0.25) is 11.8 Å². The molecule has 0 radical (unpaired) electrons. The zero-order valence-corrected chi connectivity index (χ0v) is 8.32. The first-order chi connectivity index (χ1) is 7.48. The highest BCUT2D eigenvalue weighted by Gasteiger charge is 2.39. The molecular formula is C9H10F2N2O3. The van der Waals surface area contributed by atoms with E-state index in [-0.39, 0.29) is 18.7 Å². The van der Waals surface area contributed by atoms with Gasteiger partial charge in [-0.3, -0.25) is 0 Å². The molecule has 5 nitrogen and oxygen atoms in total. The van der Waals surface area contributed by atoms with Crippen molar-refractivity contribution in [2.45, 2.75) is 37.5 Å². The molecule has 88 valence electrons. The molecule has 1 aromatic heterocycles. The minimum atomic E-state index is -2.72. The topological polar surface area (TPSA) is 76.2 Å². The smallest absolute Gasteiger partial charge is 0.377 e. The quantitative estimate of drug-likeness (QED) is 0.844. The molecule has 1 N–H and O–H groups in total. The second-order valence-corrected chi connectivity index (χ2v) is 3.91. The second-order valence-electron chi connectivity index (χ2n) is 3.91. The number of carbonyl (C=O) groups is 1. The average Bonchev–Trinajstić information content (AvgIpc) is 2.64. The highest BCUT2D eigenvalue weighted by Crippen LogP contribution is 2.41. The first-order valence-electron chi connectivity index (χ1n) is 4.93. The largest absolute Gasteiger partial charge is 0.475 e. The Balaban J connectivity index is 2.14. The number of hydrogen-bond acceptors (Lipinski definition) is 4. The first-order valence-corrected chi connectivity index (χ1v) is 4.93. The fourth-order valence-electron chi connectivity index (χ4n) is 1.87. The van der Waals surface area contributed by atoms with Gasteiger partial charge in [0.1, 0.15) is 0 Å². The number of halogens is 2. The summed E-state index contributed by atoms with van der Waals surface area (Å²) in [4.78, 5) is 14.1. The molecular weight excluding hydrogens is 222 g/mol. The van der Waals surface area contributed by atoms with Crippen molar-refractivity contribution in [1.29, 1.82) is 0 Å². The summed E-state index contributed by atoms with van der Waals surface area (Å²) < 4.78 is 30.9. The number of rotatable bonds is 2. The molecule has 0 aliphatic heterocycles. The highest BCUT2D eigenvalue weighted by molar-refractivity contribution is 5.82.